The van der Waals surface area contributed by atoms with Crippen molar-refractivity contribution >= 4 is 18.3 Å². The Balaban J connectivity index is 0.00000242. The minimum atomic E-state index is 0. The van der Waals surface area contributed by atoms with Crippen LogP contribution in [0.5, 0.6) is 0 Å². The minimum absolute atomic E-state index is 0. The van der Waals surface area contributed by atoms with Crippen LogP contribution in [0.1, 0.15) is 42.8 Å². The summed E-state index contributed by atoms with van der Waals surface area (Å²) in [7, 11) is 1.93. The van der Waals surface area contributed by atoms with E-state index in [1.165, 1.54) is 0 Å². The summed E-state index contributed by atoms with van der Waals surface area (Å²) in [5.41, 5.74) is 3.24. The van der Waals surface area contributed by atoms with Crippen LogP contribution in [0, 0.1) is 13.8 Å². The summed E-state index contributed by atoms with van der Waals surface area (Å²) in [5.74, 6) is 0.0625. The predicted molar refractivity (Wildman–Crippen MR) is 88.3 cm³/mol. The average molecular weight is 331 g/mol. The van der Waals surface area contributed by atoms with Crippen LogP contribution in [0.25, 0.3) is 0 Å². The molecule has 2 atom stereocenters. The molecule has 1 aliphatic heterocycles. The molecule has 0 aromatic carbocycles. The Morgan fingerprint density at radius 1 is 1.55 bits per heavy atom. The Morgan fingerprint density at radius 3 is 2.77 bits per heavy atom. The lowest BCUT2D eigenvalue weighted by molar-refractivity contribution is -0.123. The van der Waals surface area contributed by atoms with Gasteiger partial charge in [0.15, 0.2) is 0 Å². The molecule has 1 aromatic rings. The number of halogens is 1. The van der Waals surface area contributed by atoms with Crippen LogP contribution < -0.4 is 10.6 Å². The van der Waals surface area contributed by atoms with Crippen molar-refractivity contribution in [3.8, 4) is 0 Å². The third-order valence-electron chi connectivity index (χ3n) is 4.09. The van der Waals surface area contributed by atoms with Gasteiger partial charge >= 0.3 is 0 Å². The highest BCUT2D eigenvalue weighted by Gasteiger charge is 2.23. The van der Waals surface area contributed by atoms with E-state index < -0.39 is 0 Å². The summed E-state index contributed by atoms with van der Waals surface area (Å²) >= 11 is 0. The normalized spacial score (nSPS) is 19.4. The van der Waals surface area contributed by atoms with Crippen molar-refractivity contribution in [2.45, 2.75) is 45.7 Å². The molecule has 2 heterocycles. The Bertz CT molecular complexity index is 498. The molecule has 1 amide bonds. The smallest absolute Gasteiger partial charge is 0.222 e. The third kappa shape index (κ3) is 4.44. The minimum Gasteiger partial charge on any atom is -0.378 e. The molecule has 1 saturated heterocycles. The number of nitrogens with zero attached hydrogens (tertiary/aromatic N) is 2. The highest BCUT2D eigenvalue weighted by Crippen LogP contribution is 2.23. The van der Waals surface area contributed by atoms with Gasteiger partial charge in [-0.25, -0.2) is 0 Å². The van der Waals surface area contributed by atoms with Crippen molar-refractivity contribution in [1.82, 2.24) is 20.4 Å². The van der Waals surface area contributed by atoms with Gasteiger partial charge < -0.3 is 15.4 Å². The van der Waals surface area contributed by atoms with Gasteiger partial charge in [0.2, 0.25) is 5.91 Å². The molecule has 0 aliphatic carbocycles. The van der Waals surface area contributed by atoms with Gasteiger partial charge in [0.05, 0.1) is 24.9 Å². The quantitative estimate of drug-likeness (QED) is 0.856. The number of aryl methyl sites for hydroxylation is 2. The van der Waals surface area contributed by atoms with E-state index >= 15 is 0 Å². The second-order valence-corrected chi connectivity index (χ2v) is 5.67. The highest BCUT2D eigenvalue weighted by molar-refractivity contribution is 5.85. The largest absolute Gasteiger partial charge is 0.378 e. The molecule has 2 rings (SSSR count). The Kier molecular flexibility index (Phi) is 7.32. The van der Waals surface area contributed by atoms with Crippen LogP contribution in [-0.2, 0) is 16.6 Å². The first-order chi connectivity index (χ1) is 10.0. The Morgan fingerprint density at radius 2 is 2.27 bits per heavy atom. The summed E-state index contributed by atoms with van der Waals surface area (Å²) in [6.07, 6.45) is 1.31. The first kappa shape index (κ1) is 18.9. The second-order valence-electron chi connectivity index (χ2n) is 5.67. The lowest BCUT2D eigenvalue weighted by atomic mass is 10.0. The zero-order chi connectivity index (χ0) is 15.4. The number of morpholine rings is 1. The Labute approximate surface area is 138 Å². The summed E-state index contributed by atoms with van der Waals surface area (Å²) in [6, 6.07) is 0.142. The van der Waals surface area contributed by atoms with Gasteiger partial charge in [-0.3, -0.25) is 9.48 Å². The summed E-state index contributed by atoms with van der Waals surface area (Å²) in [6.45, 7) is 8.27. The molecule has 6 nitrogen and oxygen atoms in total. The van der Waals surface area contributed by atoms with Gasteiger partial charge in [0.1, 0.15) is 0 Å². The monoisotopic (exact) mass is 330 g/mol. The number of carbonyl (C=O) groups is 1. The number of rotatable bonds is 5. The molecule has 2 unspecified atom stereocenters. The molecule has 126 valence electrons. The van der Waals surface area contributed by atoms with Crippen molar-refractivity contribution in [3.05, 3.63) is 17.0 Å². The first-order valence-electron chi connectivity index (χ1n) is 7.63. The zero-order valence-corrected chi connectivity index (χ0v) is 14.6. The molecule has 1 aliphatic rings. The number of hydrogen-bond donors (Lipinski definition) is 2. The van der Waals surface area contributed by atoms with E-state index in [9.17, 15) is 4.79 Å². The van der Waals surface area contributed by atoms with Gasteiger partial charge in [-0.05, 0) is 20.3 Å². The van der Waals surface area contributed by atoms with E-state index in [1.54, 1.807) is 0 Å². The number of nitrogens with one attached hydrogen (secondary N) is 2. The van der Waals surface area contributed by atoms with E-state index in [1.807, 2.05) is 25.6 Å². The first-order valence-corrected chi connectivity index (χ1v) is 7.63. The number of ether oxygens (including phenoxy) is 1. The molecule has 1 fully saturated rings. The number of carbonyl (C=O) groups excluding carboxylic acids is 1. The van der Waals surface area contributed by atoms with Crippen LogP contribution in [-0.4, -0.2) is 41.5 Å². The van der Waals surface area contributed by atoms with Crippen LogP contribution >= 0.6 is 12.4 Å². The third-order valence-corrected chi connectivity index (χ3v) is 4.09. The fourth-order valence-corrected chi connectivity index (χ4v) is 2.90. The van der Waals surface area contributed by atoms with E-state index in [-0.39, 0.29) is 30.4 Å². The fraction of sp³-hybridized carbons (Fsp3) is 0.733. The van der Waals surface area contributed by atoms with Crippen LogP contribution in [0.2, 0.25) is 0 Å². The van der Waals surface area contributed by atoms with Gasteiger partial charge in [-0.15, -0.1) is 12.4 Å². The van der Waals surface area contributed by atoms with Crippen LogP contribution in [0.3, 0.4) is 0 Å². The molecular formula is C15H27ClN4O2. The molecule has 7 heteroatoms. The van der Waals surface area contributed by atoms with Crippen molar-refractivity contribution in [1.29, 1.82) is 0 Å². The van der Waals surface area contributed by atoms with Crippen molar-refractivity contribution in [2.75, 3.05) is 19.8 Å². The molecule has 0 radical (unpaired) electrons. The number of amides is 1. The number of aromatic nitrogens is 2. The maximum atomic E-state index is 12.2. The lowest BCUT2D eigenvalue weighted by Crippen LogP contribution is -2.44. The molecule has 2 N–H and O–H groups in total. The van der Waals surface area contributed by atoms with Crippen molar-refractivity contribution in [3.63, 3.8) is 0 Å². The maximum absolute atomic E-state index is 12.2. The molecule has 0 spiro atoms. The van der Waals surface area contributed by atoms with E-state index in [4.69, 9.17) is 4.74 Å². The Hall–Kier alpha value is -1.11. The zero-order valence-electron chi connectivity index (χ0n) is 13.8. The molecule has 1 aromatic heterocycles. The predicted octanol–water partition coefficient (Wildman–Crippen LogP) is 1.40. The lowest BCUT2D eigenvalue weighted by Gasteiger charge is -2.25. The SMILES string of the molecule is CCC(NC(=O)CC1COCCN1)c1c(C)nn(C)c1C.Cl. The number of hydrogen-bond acceptors (Lipinski definition) is 4. The maximum Gasteiger partial charge on any atom is 0.222 e. The van der Waals surface area contributed by atoms with Crippen LogP contribution in [0.4, 0.5) is 0 Å². The molecule has 22 heavy (non-hydrogen) atoms. The summed E-state index contributed by atoms with van der Waals surface area (Å²) in [4.78, 5) is 12.2. The summed E-state index contributed by atoms with van der Waals surface area (Å²) in [5, 5.41) is 10.9. The molecular weight excluding hydrogens is 304 g/mol. The average Bonchev–Trinajstić information content (AvgIpc) is 2.71. The van der Waals surface area contributed by atoms with Crippen LogP contribution in [0.15, 0.2) is 0 Å². The van der Waals surface area contributed by atoms with Crippen molar-refractivity contribution < 1.29 is 9.53 Å². The second kappa shape index (κ2) is 8.50. The van der Waals surface area contributed by atoms with E-state index in [2.05, 4.69) is 22.7 Å². The highest BCUT2D eigenvalue weighted by atomic mass is 35.5. The molecule has 0 saturated carbocycles. The molecule has 0 bridgehead atoms. The fourth-order valence-electron chi connectivity index (χ4n) is 2.90. The van der Waals surface area contributed by atoms with E-state index in [0.29, 0.717) is 13.0 Å². The van der Waals surface area contributed by atoms with E-state index in [0.717, 1.165) is 36.5 Å². The summed E-state index contributed by atoms with van der Waals surface area (Å²) < 4.78 is 7.26. The van der Waals surface area contributed by atoms with Gasteiger partial charge in [0.25, 0.3) is 0 Å². The van der Waals surface area contributed by atoms with Gasteiger partial charge in [0, 0.05) is 37.3 Å². The van der Waals surface area contributed by atoms with Gasteiger partial charge in [-0.1, -0.05) is 6.92 Å². The van der Waals surface area contributed by atoms with Gasteiger partial charge in [-0.2, -0.15) is 5.10 Å². The van der Waals surface area contributed by atoms with Crippen molar-refractivity contribution in [2.24, 2.45) is 7.05 Å². The standard InChI is InChI=1S/C15H26N4O2.ClH/c1-5-13(15-10(2)18-19(4)11(15)3)17-14(20)8-12-9-21-7-6-16-12;/h12-13,16H,5-9H2,1-4H3,(H,17,20);1H. The topological polar surface area (TPSA) is 68.2 Å².